The highest BCUT2D eigenvalue weighted by Gasteiger charge is 2.16. The number of benzene rings is 2. The van der Waals surface area contributed by atoms with E-state index >= 15 is 0 Å². The van der Waals surface area contributed by atoms with Crippen molar-refractivity contribution in [1.29, 1.82) is 0 Å². The van der Waals surface area contributed by atoms with E-state index in [2.05, 4.69) is 10.3 Å². The molecule has 0 aliphatic rings. The summed E-state index contributed by atoms with van der Waals surface area (Å²) in [6, 6.07) is 11.0. The second kappa shape index (κ2) is 8.10. The zero-order valence-corrected chi connectivity index (χ0v) is 16.3. The minimum absolute atomic E-state index is 0.0146. The number of fused-ring (bicyclic) bond motifs is 1. The molecule has 0 aliphatic carbocycles. The molecule has 0 radical (unpaired) electrons. The first-order valence-corrected chi connectivity index (χ1v) is 9.62. The van der Waals surface area contributed by atoms with E-state index in [-0.39, 0.29) is 28.3 Å². The van der Waals surface area contributed by atoms with Crippen LogP contribution in [0.2, 0.25) is 5.02 Å². The summed E-state index contributed by atoms with van der Waals surface area (Å²) in [5, 5.41) is 3.46. The number of thioether (sulfide) groups is 1. The Balaban J connectivity index is 2.11. The molecule has 3 aromatic rings. The summed E-state index contributed by atoms with van der Waals surface area (Å²) < 4.78 is 14.9. The number of carbonyl (C=O) groups is 1. The summed E-state index contributed by atoms with van der Waals surface area (Å²) in [5.41, 5.74) is 0.602. The van der Waals surface area contributed by atoms with Gasteiger partial charge in [0.15, 0.2) is 5.16 Å². The Morgan fingerprint density at radius 2 is 2.04 bits per heavy atom. The fraction of sp³-hybridized carbons (Fsp3) is 0.211. The van der Waals surface area contributed by atoms with Crippen molar-refractivity contribution in [3.63, 3.8) is 0 Å². The largest absolute Gasteiger partial charge is 0.353 e. The Kier molecular flexibility index (Phi) is 5.82. The Morgan fingerprint density at radius 3 is 2.74 bits per heavy atom. The molecular formula is C19H17ClFN3O2S. The molecule has 0 fully saturated rings. The molecule has 140 valence electrons. The fourth-order valence-corrected chi connectivity index (χ4v) is 3.55. The van der Waals surface area contributed by atoms with Crippen LogP contribution in [-0.4, -0.2) is 27.3 Å². The second-order valence-corrected chi connectivity index (χ2v) is 7.51. The molecule has 0 saturated heterocycles. The van der Waals surface area contributed by atoms with Crippen LogP contribution in [0.1, 0.15) is 13.8 Å². The lowest BCUT2D eigenvalue weighted by atomic mass is 10.2. The molecule has 0 atom stereocenters. The van der Waals surface area contributed by atoms with Gasteiger partial charge in [-0.3, -0.25) is 14.2 Å². The molecule has 1 N–H and O–H groups in total. The Bertz CT molecular complexity index is 1070. The molecular weight excluding hydrogens is 389 g/mol. The molecule has 1 aromatic heterocycles. The Morgan fingerprint density at radius 1 is 1.30 bits per heavy atom. The molecule has 27 heavy (non-hydrogen) atoms. The second-order valence-electron chi connectivity index (χ2n) is 6.16. The molecule has 1 amide bonds. The van der Waals surface area contributed by atoms with Crippen molar-refractivity contribution >= 4 is 40.2 Å². The average molecular weight is 406 g/mol. The van der Waals surface area contributed by atoms with E-state index in [9.17, 15) is 14.0 Å². The van der Waals surface area contributed by atoms with Gasteiger partial charge in [-0.1, -0.05) is 35.5 Å². The fourth-order valence-electron chi connectivity index (χ4n) is 2.55. The SMILES string of the molecule is CC(C)NC(=O)CSc1nc2ccccc2c(=O)n1-c1ccc(F)c(Cl)c1. The summed E-state index contributed by atoms with van der Waals surface area (Å²) in [5.74, 6) is -0.647. The van der Waals surface area contributed by atoms with Gasteiger partial charge in [-0.15, -0.1) is 0 Å². The maximum absolute atomic E-state index is 13.6. The lowest BCUT2D eigenvalue weighted by Gasteiger charge is -2.14. The van der Waals surface area contributed by atoms with Gasteiger partial charge >= 0.3 is 0 Å². The molecule has 0 saturated carbocycles. The van der Waals surface area contributed by atoms with Crippen molar-refractivity contribution in [3.8, 4) is 5.69 Å². The minimum Gasteiger partial charge on any atom is -0.353 e. The van der Waals surface area contributed by atoms with Crippen LogP contribution in [0.15, 0.2) is 52.4 Å². The molecule has 5 nitrogen and oxygen atoms in total. The van der Waals surface area contributed by atoms with Crippen LogP contribution in [0.25, 0.3) is 16.6 Å². The van der Waals surface area contributed by atoms with Crippen molar-refractivity contribution in [2.24, 2.45) is 0 Å². The highest BCUT2D eigenvalue weighted by atomic mass is 35.5. The summed E-state index contributed by atoms with van der Waals surface area (Å²) >= 11 is 7.02. The standard InChI is InChI=1S/C19H17ClFN3O2S/c1-11(2)22-17(25)10-27-19-23-16-6-4-3-5-13(16)18(26)24(19)12-7-8-15(21)14(20)9-12/h3-9,11H,10H2,1-2H3,(H,22,25). The minimum atomic E-state index is -0.576. The van der Waals surface area contributed by atoms with Gasteiger partial charge in [-0.2, -0.15) is 0 Å². The van der Waals surface area contributed by atoms with Crippen LogP contribution in [0.4, 0.5) is 4.39 Å². The summed E-state index contributed by atoms with van der Waals surface area (Å²) in [6.45, 7) is 3.74. The van der Waals surface area contributed by atoms with Crippen LogP contribution < -0.4 is 10.9 Å². The maximum atomic E-state index is 13.6. The monoisotopic (exact) mass is 405 g/mol. The zero-order chi connectivity index (χ0) is 19.6. The first-order chi connectivity index (χ1) is 12.9. The quantitative estimate of drug-likeness (QED) is 0.518. The van der Waals surface area contributed by atoms with Gasteiger partial charge in [0.05, 0.1) is 27.4 Å². The van der Waals surface area contributed by atoms with Gasteiger partial charge in [0.2, 0.25) is 5.91 Å². The zero-order valence-electron chi connectivity index (χ0n) is 14.7. The number of hydrogen-bond donors (Lipinski definition) is 1. The van der Waals surface area contributed by atoms with Crippen molar-refractivity contribution in [1.82, 2.24) is 14.9 Å². The summed E-state index contributed by atoms with van der Waals surface area (Å²) in [4.78, 5) is 29.6. The van der Waals surface area contributed by atoms with Gasteiger partial charge < -0.3 is 5.32 Å². The van der Waals surface area contributed by atoms with Crippen molar-refractivity contribution in [2.75, 3.05) is 5.75 Å². The lowest BCUT2D eigenvalue weighted by molar-refractivity contribution is -0.119. The summed E-state index contributed by atoms with van der Waals surface area (Å²) in [6.07, 6.45) is 0. The Labute approximate surface area is 164 Å². The number of amides is 1. The van der Waals surface area contributed by atoms with E-state index in [1.807, 2.05) is 13.8 Å². The molecule has 8 heteroatoms. The van der Waals surface area contributed by atoms with Crippen molar-refractivity contribution in [2.45, 2.75) is 25.0 Å². The van der Waals surface area contributed by atoms with Crippen LogP contribution >= 0.6 is 23.4 Å². The lowest BCUT2D eigenvalue weighted by Crippen LogP contribution is -2.32. The third kappa shape index (κ3) is 4.31. The number of halogens is 2. The van der Waals surface area contributed by atoms with E-state index < -0.39 is 5.82 Å². The van der Waals surface area contributed by atoms with Gasteiger partial charge in [-0.25, -0.2) is 9.37 Å². The topological polar surface area (TPSA) is 64.0 Å². The molecule has 2 aromatic carbocycles. The van der Waals surface area contributed by atoms with Crippen molar-refractivity contribution < 1.29 is 9.18 Å². The molecule has 1 heterocycles. The number of aromatic nitrogens is 2. The number of nitrogens with one attached hydrogen (secondary N) is 1. The van der Waals surface area contributed by atoms with E-state index in [0.29, 0.717) is 21.7 Å². The first-order valence-electron chi connectivity index (χ1n) is 8.26. The van der Waals surface area contributed by atoms with E-state index in [4.69, 9.17) is 11.6 Å². The molecule has 0 bridgehead atoms. The summed E-state index contributed by atoms with van der Waals surface area (Å²) in [7, 11) is 0. The van der Waals surface area contributed by atoms with E-state index in [0.717, 1.165) is 11.8 Å². The third-order valence-corrected chi connectivity index (χ3v) is 4.92. The molecule has 0 spiro atoms. The van der Waals surface area contributed by atoms with Gasteiger partial charge in [0, 0.05) is 6.04 Å². The van der Waals surface area contributed by atoms with Gasteiger partial charge in [-0.05, 0) is 44.2 Å². The number of nitrogens with zero attached hydrogens (tertiary/aromatic N) is 2. The Hall–Kier alpha value is -2.38. The average Bonchev–Trinajstić information content (AvgIpc) is 2.62. The number of para-hydroxylation sites is 1. The normalized spacial score (nSPS) is 11.1. The maximum Gasteiger partial charge on any atom is 0.266 e. The van der Waals surface area contributed by atoms with Crippen LogP contribution in [0.3, 0.4) is 0 Å². The van der Waals surface area contributed by atoms with Gasteiger partial charge in [0.25, 0.3) is 5.56 Å². The predicted molar refractivity (Wildman–Crippen MR) is 106 cm³/mol. The number of hydrogen-bond acceptors (Lipinski definition) is 4. The number of carbonyl (C=O) groups excluding carboxylic acids is 1. The molecule has 0 unspecified atom stereocenters. The van der Waals surface area contributed by atoms with E-state index in [1.54, 1.807) is 24.3 Å². The van der Waals surface area contributed by atoms with Crippen LogP contribution in [0.5, 0.6) is 0 Å². The third-order valence-electron chi connectivity index (χ3n) is 3.69. The highest BCUT2D eigenvalue weighted by Crippen LogP contribution is 2.24. The molecule has 0 aliphatic heterocycles. The van der Waals surface area contributed by atoms with Gasteiger partial charge in [0.1, 0.15) is 5.82 Å². The van der Waals surface area contributed by atoms with Crippen LogP contribution in [-0.2, 0) is 4.79 Å². The number of rotatable bonds is 5. The van der Waals surface area contributed by atoms with Crippen LogP contribution in [0, 0.1) is 5.82 Å². The highest BCUT2D eigenvalue weighted by molar-refractivity contribution is 7.99. The smallest absolute Gasteiger partial charge is 0.266 e. The van der Waals surface area contributed by atoms with Crippen molar-refractivity contribution in [3.05, 3.63) is 63.7 Å². The van der Waals surface area contributed by atoms with E-state index in [1.165, 1.54) is 22.8 Å². The predicted octanol–water partition coefficient (Wildman–Crippen LogP) is 3.79. The first kappa shape index (κ1) is 19.4. The molecule has 3 rings (SSSR count).